The molecule has 0 bridgehead atoms. The molecule has 3 heteroatoms. The summed E-state index contributed by atoms with van der Waals surface area (Å²) >= 11 is 0. The molecule has 0 aliphatic heterocycles. The van der Waals surface area contributed by atoms with Crippen LogP contribution in [-0.2, 0) is 0 Å². The predicted molar refractivity (Wildman–Crippen MR) is 54.4 cm³/mol. The van der Waals surface area contributed by atoms with Crippen LogP contribution >= 0.6 is 0 Å². The van der Waals surface area contributed by atoms with E-state index in [-0.39, 0.29) is 0 Å². The third-order valence-corrected chi connectivity index (χ3v) is 3.29. The highest BCUT2D eigenvalue weighted by Crippen LogP contribution is 2.28. The van der Waals surface area contributed by atoms with Crippen molar-refractivity contribution in [3.05, 3.63) is 0 Å². The number of amidine groups is 1. The van der Waals surface area contributed by atoms with E-state index in [0.29, 0.717) is 12.0 Å². The van der Waals surface area contributed by atoms with Crippen molar-refractivity contribution in [3.63, 3.8) is 0 Å². The molecule has 0 spiro atoms. The summed E-state index contributed by atoms with van der Waals surface area (Å²) in [5, 5.41) is 0. The van der Waals surface area contributed by atoms with E-state index in [9.17, 15) is 0 Å². The number of nitrogens with zero attached hydrogens (tertiary/aromatic N) is 1. The lowest BCUT2D eigenvalue weighted by Crippen LogP contribution is -2.39. The van der Waals surface area contributed by atoms with Gasteiger partial charge in [-0.3, -0.25) is 4.99 Å². The molecule has 0 unspecified atom stereocenters. The highest BCUT2D eigenvalue weighted by atomic mass is 15.3. The molecule has 0 aromatic carbocycles. The smallest absolute Gasteiger partial charge is 0.114 e. The Morgan fingerprint density at radius 2 is 1.77 bits per heavy atom. The topological polar surface area (TPSA) is 50.4 Å². The molecule has 0 aromatic rings. The Hall–Kier alpha value is -0.570. The molecule has 0 amide bonds. The zero-order chi connectivity index (χ0) is 9.10. The van der Waals surface area contributed by atoms with E-state index in [1.807, 2.05) is 0 Å². The van der Waals surface area contributed by atoms with Gasteiger partial charge in [0.1, 0.15) is 5.84 Å². The van der Waals surface area contributed by atoms with Crippen molar-refractivity contribution >= 4 is 5.84 Å². The maximum Gasteiger partial charge on any atom is 0.114 e. The molecular weight excluding hydrogens is 162 g/mol. The van der Waals surface area contributed by atoms with E-state index >= 15 is 0 Å². The largest absolute Gasteiger partial charge is 0.312 e. The molecule has 2 aliphatic rings. The van der Waals surface area contributed by atoms with E-state index in [4.69, 9.17) is 10.8 Å². The Bertz CT molecular complexity index is 190. The Labute approximate surface area is 79.8 Å². The first-order valence-corrected chi connectivity index (χ1v) is 5.44. The molecule has 0 atom stereocenters. The van der Waals surface area contributed by atoms with Crippen molar-refractivity contribution in [2.24, 2.45) is 16.8 Å². The summed E-state index contributed by atoms with van der Waals surface area (Å²) in [5.41, 5.74) is 2.78. The number of hydrogen-bond donors (Lipinski definition) is 2. The standard InChI is InChI=1S/C10H19N3/c11-13-10(8-4-3-5-8)12-9-6-1-2-7-9/h8-9H,1-7,11H2,(H,12,13). The van der Waals surface area contributed by atoms with Gasteiger partial charge in [0, 0.05) is 5.92 Å². The number of nitrogens with two attached hydrogens (primary N) is 1. The van der Waals surface area contributed by atoms with Crippen LogP contribution in [0.1, 0.15) is 44.9 Å². The summed E-state index contributed by atoms with van der Waals surface area (Å²) in [5.74, 6) is 7.19. The fraction of sp³-hybridized carbons (Fsp3) is 0.900. The molecule has 2 rings (SSSR count). The number of hydrogen-bond acceptors (Lipinski definition) is 2. The molecule has 2 saturated carbocycles. The average molecular weight is 181 g/mol. The normalized spacial score (nSPS) is 26.1. The van der Waals surface area contributed by atoms with Gasteiger partial charge in [0.15, 0.2) is 0 Å². The van der Waals surface area contributed by atoms with Gasteiger partial charge in [-0.1, -0.05) is 19.3 Å². The summed E-state index contributed by atoms with van der Waals surface area (Å²) in [6.07, 6.45) is 9.10. The average Bonchev–Trinajstić information content (AvgIpc) is 2.52. The first kappa shape index (κ1) is 9.00. The van der Waals surface area contributed by atoms with Crippen LogP contribution in [0.15, 0.2) is 4.99 Å². The zero-order valence-electron chi connectivity index (χ0n) is 8.13. The monoisotopic (exact) mass is 181 g/mol. The van der Waals surface area contributed by atoms with E-state index in [0.717, 1.165) is 5.84 Å². The second-order valence-corrected chi connectivity index (χ2v) is 4.22. The minimum absolute atomic E-state index is 0.562. The molecule has 74 valence electrons. The van der Waals surface area contributed by atoms with Gasteiger partial charge in [-0.2, -0.15) is 0 Å². The summed E-state index contributed by atoms with van der Waals surface area (Å²) in [7, 11) is 0. The maximum atomic E-state index is 5.48. The first-order chi connectivity index (χ1) is 6.40. The van der Waals surface area contributed by atoms with Gasteiger partial charge >= 0.3 is 0 Å². The fourth-order valence-corrected chi connectivity index (χ4v) is 2.17. The van der Waals surface area contributed by atoms with Crippen molar-refractivity contribution < 1.29 is 0 Å². The molecule has 13 heavy (non-hydrogen) atoms. The summed E-state index contributed by atoms with van der Waals surface area (Å²) in [6, 6.07) is 0.562. The van der Waals surface area contributed by atoms with Gasteiger partial charge in [0.25, 0.3) is 0 Å². The van der Waals surface area contributed by atoms with E-state index in [1.165, 1.54) is 44.9 Å². The molecular formula is C10H19N3. The third-order valence-electron chi connectivity index (χ3n) is 3.29. The van der Waals surface area contributed by atoms with Crippen LogP contribution in [0.2, 0.25) is 0 Å². The van der Waals surface area contributed by atoms with Crippen LogP contribution in [0.3, 0.4) is 0 Å². The Morgan fingerprint density at radius 3 is 2.23 bits per heavy atom. The Balaban J connectivity index is 1.92. The van der Waals surface area contributed by atoms with Crippen LogP contribution in [0.25, 0.3) is 0 Å². The summed E-state index contributed by atoms with van der Waals surface area (Å²) in [6.45, 7) is 0. The third kappa shape index (κ3) is 2.02. The van der Waals surface area contributed by atoms with Crippen LogP contribution in [-0.4, -0.2) is 11.9 Å². The van der Waals surface area contributed by atoms with Gasteiger partial charge in [0.05, 0.1) is 6.04 Å². The van der Waals surface area contributed by atoms with Crippen molar-refractivity contribution in [1.29, 1.82) is 0 Å². The molecule has 2 fully saturated rings. The Morgan fingerprint density at radius 1 is 1.08 bits per heavy atom. The van der Waals surface area contributed by atoms with Gasteiger partial charge in [-0.15, -0.1) is 0 Å². The lowest BCUT2D eigenvalue weighted by molar-refractivity contribution is 0.401. The quantitative estimate of drug-likeness (QED) is 0.294. The number of hydrazine groups is 1. The van der Waals surface area contributed by atoms with Gasteiger partial charge in [-0.25, -0.2) is 5.84 Å². The van der Waals surface area contributed by atoms with Crippen LogP contribution in [0.4, 0.5) is 0 Å². The highest BCUT2D eigenvalue weighted by Gasteiger charge is 2.24. The highest BCUT2D eigenvalue weighted by molar-refractivity contribution is 5.84. The van der Waals surface area contributed by atoms with Crippen LogP contribution in [0.5, 0.6) is 0 Å². The number of aliphatic imine (C=N–C) groups is 1. The van der Waals surface area contributed by atoms with Gasteiger partial charge in [-0.05, 0) is 25.7 Å². The minimum Gasteiger partial charge on any atom is -0.312 e. The second-order valence-electron chi connectivity index (χ2n) is 4.22. The Kier molecular flexibility index (Phi) is 2.83. The van der Waals surface area contributed by atoms with E-state index in [1.54, 1.807) is 0 Å². The summed E-state index contributed by atoms with van der Waals surface area (Å²) in [4.78, 5) is 4.70. The maximum absolute atomic E-state index is 5.48. The summed E-state index contributed by atoms with van der Waals surface area (Å²) < 4.78 is 0. The van der Waals surface area contributed by atoms with Crippen molar-refractivity contribution in [2.75, 3.05) is 0 Å². The van der Waals surface area contributed by atoms with E-state index in [2.05, 4.69) is 5.43 Å². The molecule has 2 aliphatic carbocycles. The minimum atomic E-state index is 0.562. The van der Waals surface area contributed by atoms with Gasteiger partial charge < -0.3 is 5.43 Å². The fourth-order valence-electron chi connectivity index (χ4n) is 2.17. The number of nitrogens with one attached hydrogen (secondary N) is 1. The van der Waals surface area contributed by atoms with Crippen LogP contribution in [0, 0.1) is 5.92 Å². The molecule has 0 heterocycles. The van der Waals surface area contributed by atoms with Crippen molar-refractivity contribution in [3.8, 4) is 0 Å². The zero-order valence-corrected chi connectivity index (χ0v) is 8.13. The molecule has 3 N–H and O–H groups in total. The second kappa shape index (κ2) is 4.09. The van der Waals surface area contributed by atoms with Crippen molar-refractivity contribution in [2.45, 2.75) is 51.0 Å². The molecule has 0 saturated heterocycles. The lowest BCUT2D eigenvalue weighted by atomic mass is 9.84. The number of rotatable bonds is 2. The molecule has 0 aromatic heterocycles. The van der Waals surface area contributed by atoms with Crippen molar-refractivity contribution in [1.82, 2.24) is 5.43 Å². The SMILES string of the molecule is NNC(=NC1CCCC1)C1CCC1. The van der Waals surface area contributed by atoms with E-state index < -0.39 is 0 Å². The molecule has 0 radical (unpaired) electrons. The predicted octanol–water partition coefficient (Wildman–Crippen LogP) is 1.59. The first-order valence-electron chi connectivity index (χ1n) is 5.44. The lowest BCUT2D eigenvalue weighted by Gasteiger charge is -2.27. The van der Waals surface area contributed by atoms with Crippen LogP contribution < -0.4 is 11.3 Å². The van der Waals surface area contributed by atoms with Gasteiger partial charge in [0.2, 0.25) is 0 Å². The molecule has 3 nitrogen and oxygen atoms in total.